The Morgan fingerprint density at radius 1 is 1.34 bits per heavy atom. The smallest absolute Gasteiger partial charge is 0.446 e. The Hall–Kier alpha value is -3.09. The fourth-order valence-electron chi connectivity index (χ4n) is 3.09. The van der Waals surface area contributed by atoms with Gasteiger partial charge in [0.1, 0.15) is 11.9 Å². The number of rotatable bonds is 8. The first-order chi connectivity index (χ1) is 15.2. The zero-order chi connectivity index (χ0) is 22.9. The Labute approximate surface area is 184 Å². The molecule has 1 saturated heterocycles. The molecule has 2 aromatic heterocycles. The number of nitrogens with zero attached hydrogens (tertiary/aromatic N) is 4. The monoisotopic (exact) mass is 468 g/mol. The standard InChI is InChI=1S/C19H18ClFN4O7/c1-19(2)29-9-14(30-19)13(26)4-3-7-28-17-15(22-32-24-17)16-23-31-18(27)25(16)10-5-6-12(21)11(20)8-10/h5-6,8,14H,3-4,7,9H2,1-2H3. The number of aromatic nitrogens is 4. The van der Waals surface area contributed by atoms with Gasteiger partial charge < -0.3 is 14.2 Å². The number of carbonyl (C=O) groups is 1. The molecule has 11 nitrogen and oxygen atoms in total. The normalized spacial score (nSPS) is 17.6. The summed E-state index contributed by atoms with van der Waals surface area (Å²) in [6.45, 7) is 3.80. The van der Waals surface area contributed by atoms with E-state index < -0.39 is 23.5 Å². The maximum atomic E-state index is 13.5. The number of ether oxygens (including phenoxy) is 3. The van der Waals surface area contributed by atoms with Crippen LogP contribution >= 0.6 is 11.6 Å². The molecule has 0 bridgehead atoms. The molecular weight excluding hydrogens is 451 g/mol. The number of Topliss-reactive ketones (excluding diaryl/α,β-unsaturated/α-hetero) is 1. The van der Waals surface area contributed by atoms with E-state index in [1.807, 2.05) is 0 Å². The lowest BCUT2D eigenvalue weighted by molar-refractivity contribution is -0.152. The van der Waals surface area contributed by atoms with E-state index in [4.69, 9.17) is 35.0 Å². The van der Waals surface area contributed by atoms with Crippen LogP contribution in [0.15, 0.2) is 32.1 Å². The largest absolute Gasteiger partial charge is 0.474 e. The summed E-state index contributed by atoms with van der Waals surface area (Å²) in [5.41, 5.74) is 0.177. The highest BCUT2D eigenvalue weighted by Crippen LogP contribution is 2.28. The highest BCUT2D eigenvalue weighted by Gasteiger charge is 2.36. The zero-order valence-electron chi connectivity index (χ0n) is 17.0. The van der Waals surface area contributed by atoms with Crippen molar-refractivity contribution < 1.29 is 32.5 Å². The average Bonchev–Trinajstić information content (AvgIpc) is 3.45. The van der Waals surface area contributed by atoms with E-state index in [0.717, 1.165) is 10.6 Å². The van der Waals surface area contributed by atoms with Crippen molar-refractivity contribution in [1.29, 1.82) is 0 Å². The van der Waals surface area contributed by atoms with Crippen molar-refractivity contribution in [3.63, 3.8) is 0 Å². The molecule has 32 heavy (non-hydrogen) atoms. The molecule has 0 spiro atoms. The molecule has 170 valence electrons. The van der Waals surface area contributed by atoms with Gasteiger partial charge in [0, 0.05) is 6.42 Å². The number of ketones is 1. The molecule has 3 aromatic rings. The summed E-state index contributed by atoms with van der Waals surface area (Å²) >= 11 is 5.81. The predicted molar refractivity (Wildman–Crippen MR) is 105 cm³/mol. The van der Waals surface area contributed by atoms with E-state index in [1.165, 1.54) is 12.1 Å². The number of hydrogen-bond donors (Lipinski definition) is 0. The first kappa shape index (κ1) is 22.1. The van der Waals surface area contributed by atoms with Gasteiger partial charge in [-0.05, 0) is 48.8 Å². The summed E-state index contributed by atoms with van der Waals surface area (Å²) in [5, 5.41) is 10.9. The van der Waals surface area contributed by atoms with Crippen molar-refractivity contribution in [3.8, 4) is 23.1 Å². The molecule has 1 atom stereocenters. The van der Waals surface area contributed by atoms with E-state index in [0.29, 0.717) is 6.42 Å². The maximum absolute atomic E-state index is 13.5. The Bertz CT molecular complexity index is 1190. The van der Waals surface area contributed by atoms with Gasteiger partial charge in [0.05, 0.1) is 23.9 Å². The van der Waals surface area contributed by atoms with Crippen LogP contribution in [0.2, 0.25) is 5.02 Å². The van der Waals surface area contributed by atoms with Gasteiger partial charge in [-0.1, -0.05) is 16.8 Å². The Morgan fingerprint density at radius 2 is 2.16 bits per heavy atom. The zero-order valence-corrected chi connectivity index (χ0v) is 17.8. The molecular formula is C19H18ClFN4O7. The van der Waals surface area contributed by atoms with Crippen LogP contribution in [-0.4, -0.2) is 50.9 Å². The molecule has 3 heterocycles. The minimum absolute atomic E-state index is 0.0168. The second kappa shape index (κ2) is 8.81. The van der Waals surface area contributed by atoms with Crippen LogP contribution in [-0.2, 0) is 14.3 Å². The van der Waals surface area contributed by atoms with Crippen molar-refractivity contribution >= 4 is 17.4 Å². The van der Waals surface area contributed by atoms with Crippen LogP contribution in [0, 0.1) is 5.82 Å². The van der Waals surface area contributed by atoms with Gasteiger partial charge in [0.25, 0.3) is 5.88 Å². The lowest BCUT2D eigenvalue weighted by atomic mass is 10.1. The molecule has 0 amide bonds. The first-order valence-electron chi connectivity index (χ1n) is 9.59. The lowest BCUT2D eigenvalue weighted by Gasteiger charge is -2.16. The lowest BCUT2D eigenvalue weighted by Crippen LogP contribution is -2.27. The quantitative estimate of drug-likeness (QED) is 0.454. The van der Waals surface area contributed by atoms with Crippen LogP contribution in [0.5, 0.6) is 5.88 Å². The molecule has 0 N–H and O–H groups in total. The summed E-state index contributed by atoms with van der Waals surface area (Å²) in [6.07, 6.45) is -0.0423. The van der Waals surface area contributed by atoms with Crippen molar-refractivity contribution in [2.45, 2.75) is 38.6 Å². The van der Waals surface area contributed by atoms with Crippen molar-refractivity contribution in [2.75, 3.05) is 13.2 Å². The van der Waals surface area contributed by atoms with E-state index in [9.17, 15) is 14.0 Å². The van der Waals surface area contributed by atoms with Gasteiger partial charge >= 0.3 is 5.76 Å². The molecule has 13 heteroatoms. The van der Waals surface area contributed by atoms with Crippen molar-refractivity contribution in [1.82, 2.24) is 20.0 Å². The molecule has 1 aliphatic rings. The van der Waals surface area contributed by atoms with E-state index in [2.05, 4.69) is 15.5 Å². The Morgan fingerprint density at radius 3 is 2.88 bits per heavy atom. The van der Waals surface area contributed by atoms with Crippen LogP contribution in [0.25, 0.3) is 17.2 Å². The van der Waals surface area contributed by atoms with Crippen molar-refractivity contribution in [3.05, 3.63) is 39.6 Å². The minimum Gasteiger partial charge on any atom is -0.474 e. The summed E-state index contributed by atoms with van der Waals surface area (Å²) in [6, 6.07) is 3.64. The molecule has 1 aromatic carbocycles. The van der Waals surface area contributed by atoms with Crippen LogP contribution < -0.4 is 10.5 Å². The van der Waals surface area contributed by atoms with Gasteiger partial charge in [0.15, 0.2) is 11.6 Å². The number of halogens is 2. The number of carbonyl (C=O) groups excluding carboxylic acids is 1. The summed E-state index contributed by atoms with van der Waals surface area (Å²) < 4.78 is 40.4. The first-order valence-corrected chi connectivity index (χ1v) is 9.97. The number of benzene rings is 1. The van der Waals surface area contributed by atoms with Crippen LogP contribution in [0.3, 0.4) is 0 Å². The van der Waals surface area contributed by atoms with E-state index in [-0.39, 0.29) is 53.5 Å². The summed E-state index contributed by atoms with van der Waals surface area (Å²) in [7, 11) is 0. The third-order valence-electron chi connectivity index (χ3n) is 4.61. The highest BCUT2D eigenvalue weighted by atomic mass is 35.5. The maximum Gasteiger partial charge on any atom is 0.446 e. The second-order valence-electron chi connectivity index (χ2n) is 7.36. The highest BCUT2D eigenvalue weighted by molar-refractivity contribution is 6.30. The molecule has 0 radical (unpaired) electrons. The predicted octanol–water partition coefficient (Wildman–Crippen LogP) is 2.55. The van der Waals surface area contributed by atoms with E-state index >= 15 is 0 Å². The van der Waals surface area contributed by atoms with Gasteiger partial charge in [-0.25, -0.2) is 18.4 Å². The van der Waals surface area contributed by atoms with E-state index in [1.54, 1.807) is 13.8 Å². The molecule has 1 fully saturated rings. The Kier molecular flexibility index (Phi) is 6.09. The van der Waals surface area contributed by atoms with Gasteiger partial charge in [-0.15, -0.1) is 0 Å². The molecule has 1 aliphatic heterocycles. The third-order valence-corrected chi connectivity index (χ3v) is 4.90. The summed E-state index contributed by atoms with van der Waals surface area (Å²) in [4.78, 5) is 24.4. The fraction of sp³-hybridized carbons (Fsp3) is 0.421. The molecule has 0 aliphatic carbocycles. The average molecular weight is 469 g/mol. The van der Waals surface area contributed by atoms with Crippen LogP contribution in [0.1, 0.15) is 26.7 Å². The van der Waals surface area contributed by atoms with Crippen LogP contribution in [0.4, 0.5) is 4.39 Å². The van der Waals surface area contributed by atoms with Gasteiger partial charge in [-0.3, -0.25) is 9.32 Å². The second-order valence-corrected chi connectivity index (χ2v) is 7.77. The summed E-state index contributed by atoms with van der Waals surface area (Å²) in [5.74, 6) is -2.53. The molecule has 0 saturated carbocycles. The molecule has 1 unspecified atom stereocenters. The molecule has 4 rings (SSSR count). The minimum atomic E-state index is -0.857. The van der Waals surface area contributed by atoms with Crippen molar-refractivity contribution in [2.24, 2.45) is 0 Å². The number of hydrogen-bond acceptors (Lipinski definition) is 10. The topological polar surface area (TPSA) is 132 Å². The van der Waals surface area contributed by atoms with Gasteiger partial charge in [-0.2, -0.15) is 0 Å². The Balaban J connectivity index is 1.43. The van der Waals surface area contributed by atoms with Gasteiger partial charge in [0.2, 0.25) is 11.5 Å². The SMILES string of the molecule is CC1(C)OCC(C(=O)CCCOc2nonc2-c2noc(=O)n2-c2ccc(F)c(Cl)c2)O1. The third kappa shape index (κ3) is 4.56. The fourth-order valence-corrected chi connectivity index (χ4v) is 3.26.